The van der Waals surface area contributed by atoms with E-state index in [2.05, 4.69) is 21.2 Å². The third kappa shape index (κ3) is 6.15. The Morgan fingerprint density at radius 3 is 2.52 bits per heavy atom. The van der Waals surface area contributed by atoms with Gasteiger partial charge < -0.3 is 10.1 Å². The maximum atomic E-state index is 12.0. The number of amides is 1. The molecular weight excluding hydrogens is 408 g/mol. The van der Waals surface area contributed by atoms with Crippen LogP contribution >= 0.6 is 15.9 Å². The predicted molar refractivity (Wildman–Crippen MR) is 100 cm³/mol. The Labute approximate surface area is 155 Å². The van der Waals surface area contributed by atoms with E-state index in [4.69, 9.17) is 9.88 Å². The molecule has 0 aromatic heterocycles. The summed E-state index contributed by atoms with van der Waals surface area (Å²) < 4.78 is 29.5. The summed E-state index contributed by atoms with van der Waals surface area (Å²) in [6.45, 7) is 2.05. The number of hydrogen-bond acceptors (Lipinski definition) is 4. The summed E-state index contributed by atoms with van der Waals surface area (Å²) >= 11 is 3.35. The van der Waals surface area contributed by atoms with Crippen LogP contribution in [0.25, 0.3) is 0 Å². The fraction of sp³-hybridized carbons (Fsp3) is 0.235. The summed E-state index contributed by atoms with van der Waals surface area (Å²) in [7, 11) is -3.82. The van der Waals surface area contributed by atoms with E-state index in [1.54, 1.807) is 19.1 Å². The van der Waals surface area contributed by atoms with Crippen molar-refractivity contribution in [2.24, 2.45) is 5.14 Å². The van der Waals surface area contributed by atoms with E-state index in [0.29, 0.717) is 24.3 Å². The summed E-state index contributed by atoms with van der Waals surface area (Å²) in [5, 5.41) is 7.83. The van der Waals surface area contributed by atoms with Crippen LogP contribution in [0.15, 0.2) is 51.8 Å². The van der Waals surface area contributed by atoms with E-state index in [9.17, 15) is 13.2 Å². The average molecular weight is 427 g/mol. The number of nitrogens with two attached hydrogens (primary N) is 1. The van der Waals surface area contributed by atoms with E-state index in [-0.39, 0.29) is 17.2 Å². The maximum Gasteiger partial charge on any atom is 0.238 e. The van der Waals surface area contributed by atoms with Crippen molar-refractivity contribution >= 4 is 37.5 Å². The van der Waals surface area contributed by atoms with Gasteiger partial charge in [-0.3, -0.25) is 4.79 Å². The number of anilines is 1. The van der Waals surface area contributed by atoms with Crippen LogP contribution in [0.4, 0.5) is 5.69 Å². The van der Waals surface area contributed by atoms with Gasteiger partial charge in [0, 0.05) is 16.6 Å². The first-order chi connectivity index (χ1) is 11.8. The predicted octanol–water partition coefficient (Wildman–Crippen LogP) is 3.20. The molecule has 0 aliphatic carbocycles. The SMILES string of the molecule is Cc1ccc(NC(=O)CCCOc2ccc(Br)cc2)cc1S(N)(=O)=O. The van der Waals surface area contributed by atoms with Crippen molar-refractivity contribution in [3.63, 3.8) is 0 Å². The number of aryl methyl sites for hydroxylation is 1. The lowest BCUT2D eigenvalue weighted by Gasteiger charge is -2.09. The van der Waals surface area contributed by atoms with Gasteiger partial charge in [-0.05, 0) is 55.3 Å². The van der Waals surface area contributed by atoms with Crippen LogP contribution in [0.1, 0.15) is 18.4 Å². The molecule has 0 saturated heterocycles. The highest BCUT2D eigenvalue weighted by Gasteiger charge is 2.13. The van der Waals surface area contributed by atoms with Gasteiger partial charge in [-0.15, -0.1) is 0 Å². The van der Waals surface area contributed by atoms with Crippen LogP contribution in [-0.4, -0.2) is 20.9 Å². The minimum atomic E-state index is -3.82. The third-order valence-electron chi connectivity index (χ3n) is 3.41. The summed E-state index contributed by atoms with van der Waals surface area (Å²) in [6, 6.07) is 12.0. The van der Waals surface area contributed by atoms with Gasteiger partial charge in [0.05, 0.1) is 11.5 Å². The van der Waals surface area contributed by atoms with E-state index < -0.39 is 10.0 Å². The van der Waals surface area contributed by atoms with Crippen molar-refractivity contribution in [2.75, 3.05) is 11.9 Å². The number of benzene rings is 2. The number of carbonyl (C=O) groups is 1. The molecule has 0 aliphatic heterocycles. The van der Waals surface area contributed by atoms with Crippen LogP contribution < -0.4 is 15.2 Å². The molecule has 0 aliphatic rings. The Bertz CT molecular complexity index is 851. The molecule has 0 bridgehead atoms. The van der Waals surface area contributed by atoms with E-state index >= 15 is 0 Å². The van der Waals surface area contributed by atoms with Crippen LogP contribution in [0.3, 0.4) is 0 Å². The highest BCUT2D eigenvalue weighted by molar-refractivity contribution is 9.10. The first kappa shape index (κ1) is 19.4. The van der Waals surface area contributed by atoms with Gasteiger partial charge in [0.2, 0.25) is 15.9 Å². The second kappa shape index (κ2) is 8.46. The Morgan fingerprint density at radius 1 is 1.20 bits per heavy atom. The van der Waals surface area contributed by atoms with Crippen molar-refractivity contribution in [3.05, 3.63) is 52.5 Å². The molecule has 8 heteroatoms. The molecule has 0 heterocycles. The number of rotatable bonds is 7. The quantitative estimate of drug-likeness (QED) is 0.663. The van der Waals surface area contributed by atoms with Crippen LogP contribution in [-0.2, 0) is 14.8 Å². The highest BCUT2D eigenvalue weighted by Crippen LogP contribution is 2.19. The molecule has 2 rings (SSSR count). The summed E-state index contributed by atoms with van der Waals surface area (Å²) in [5.41, 5.74) is 0.928. The number of primary sulfonamides is 1. The molecule has 134 valence electrons. The van der Waals surface area contributed by atoms with Crippen molar-refractivity contribution in [3.8, 4) is 5.75 Å². The second-order valence-corrected chi connectivity index (χ2v) is 7.92. The second-order valence-electron chi connectivity index (χ2n) is 5.48. The third-order valence-corrected chi connectivity index (χ3v) is 4.99. The first-order valence-electron chi connectivity index (χ1n) is 7.57. The summed E-state index contributed by atoms with van der Waals surface area (Å²) in [6.07, 6.45) is 0.797. The molecule has 0 radical (unpaired) electrons. The molecule has 6 nitrogen and oxygen atoms in total. The Morgan fingerprint density at radius 2 is 1.88 bits per heavy atom. The molecule has 3 N–H and O–H groups in total. The Balaban J connectivity index is 1.83. The number of sulfonamides is 1. The van der Waals surface area contributed by atoms with E-state index in [0.717, 1.165) is 10.2 Å². The van der Waals surface area contributed by atoms with Gasteiger partial charge in [0.1, 0.15) is 5.75 Å². The van der Waals surface area contributed by atoms with E-state index in [1.165, 1.54) is 6.07 Å². The first-order valence-corrected chi connectivity index (χ1v) is 9.91. The number of hydrogen-bond donors (Lipinski definition) is 2. The van der Waals surface area contributed by atoms with E-state index in [1.807, 2.05) is 24.3 Å². The van der Waals surface area contributed by atoms with Gasteiger partial charge in [-0.2, -0.15) is 0 Å². The zero-order chi connectivity index (χ0) is 18.4. The molecule has 2 aromatic carbocycles. The van der Waals surface area contributed by atoms with Crippen molar-refractivity contribution in [1.82, 2.24) is 0 Å². The van der Waals surface area contributed by atoms with Gasteiger partial charge in [0.25, 0.3) is 0 Å². The zero-order valence-electron chi connectivity index (χ0n) is 13.7. The monoisotopic (exact) mass is 426 g/mol. The Hall–Kier alpha value is -1.90. The average Bonchev–Trinajstić information content (AvgIpc) is 2.54. The lowest BCUT2D eigenvalue weighted by Crippen LogP contribution is -2.16. The normalized spacial score (nSPS) is 11.2. The van der Waals surface area contributed by atoms with Gasteiger partial charge in [-0.1, -0.05) is 22.0 Å². The summed E-state index contributed by atoms with van der Waals surface area (Å²) in [5.74, 6) is 0.517. The lowest BCUT2D eigenvalue weighted by molar-refractivity contribution is -0.116. The number of carbonyl (C=O) groups excluding carboxylic acids is 1. The fourth-order valence-electron chi connectivity index (χ4n) is 2.16. The Kier molecular flexibility index (Phi) is 6.57. The largest absolute Gasteiger partial charge is 0.494 e. The smallest absolute Gasteiger partial charge is 0.238 e. The fourth-order valence-corrected chi connectivity index (χ4v) is 3.23. The molecule has 0 unspecified atom stereocenters. The van der Waals surface area contributed by atoms with Gasteiger partial charge in [0.15, 0.2) is 0 Å². The van der Waals surface area contributed by atoms with Crippen molar-refractivity contribution in [1.29, 1.82) is 0 Å². The van der Waals surface area contributed by atoms with Gasteiger partial charge in [-0.25, -0.2) is 13.6 Å². The molecule has 0 saturated carbocycles. The topological polar surface area (TPSA) is 98.5 Å². The van der Waals surface area contributed by atoms with Crippen LogP contribution in [0, 0.1) is 6.92 Å². The molecule has 0 spiro atoms. The highest BCUT2D eigenvalue weighted by atomic mass is 79.9. The molecular formula is C17H19BrN2O4S. The summed E-state index contributed by atoms with van der Waals surface area (Å²) in [4.78, 5) is 12.0. The van der Waals surface area contributed by atoms with Crippen molar-refractivity contribution < 1.29 is 17.9 Å². The van der Waals surface area contributed by atoms with Crippen molar-refractivity contribution in [2.45, 2.75) is 24.7 Å². The maximum absolute atomic E-state index is 12.0. The zero-order valence-corrected chi connectivity index (χ0v) is 16.1. The van der Waals surface area contributed by atoms with Gasteiger partial charge >= 0.3 is 0 Å². The molecule has 25 heavy (non-hydrogen) atoms. The number of nitrogens with one attached hydrogen (secondary N) is 1. The molecule has 0 atom stereocenters. The lowest BCUT2D eigenvalue weighted by atomic mass is 10.2. The minimum Gasteiger partial charge on any atom is -0.494 e. The van der Waals surface area contributed by atoms with Crippen LogP contribution in [0.2, 0.25) is 0 Å². The standard InChI is InChI=1S/C17H19BrN2O4S/c1-12-4-7-14(11-16(12)25(19,22)23)20-17(21)3-2-10-24-15-8-5-13(18)6-9-15/h4-9,11H,2-3,10H2,1H3,(H,20,21)(H2,19,22,23). The number of halogens is 1. The molecule has 1 amide bonds. The molecule has 0 fully saturated rings. The minimum absolute atomic E-state index is 0.00358. The molecule has 2 aromatic rings. The number of ether oxygens (including phenoxy) is 1. The van der Waals surface area contributed by atoms with Crippen LogP contribution in [0.5, 0.6) is 5.75 Å².